The molecule has 0 unspecified atom stereocenters. The van der Waals surface area contributed by atoms with Crippen LogP contribution >= 0.6 is 0 Å². The van der Waals surface area contributed by atoms with E-state index in [2.05, 4.69) is 36.1 Å². The highest BCUT2D eigenvalue weighted by Gasteiger charge is 2.15. The van der Waals surface area contributed by atoms with Crippen LogP contribution in [0.5, 0.6) is 0 Å². The van der Waals surface area contributed by atoms with Crippen LogP contribution in [0.4, 0.5) is 0 Å². The van der Waals surface area contributed by atoms with Gasteiger partial charge in [0.05, 0.1) is 24.1 Å². The average Bonchev–Trinajstić information content (AvgIpc) is 3.42. The summed E-state index contributed by atoms with van der Waals surface area (Å²) in [6, 6.07) is 11.2. The fourth-order valence-corrected chi connectivity index (χ4v) is 2.67. The summed E-state index contributed by atoms with van der Waals surface area (Å²) in [6.45, 7) is 2.13. The van der Waals surface area contributed by atoms with Gasteiger partial charge in [-0.05, 0) is 35.5 Å². The quantitative estimate of drug-likeness (QED) is 0.546. The minimum absolute atomic E-state index is 0.182. The van der Waals surface area contributed by atoms with E-state index in [0.29, 0.717) is 17.2 Å². The second kappa shape index (κ2) is 6.83. The Hall–Kier alpha value is -3.82. The first kappa shape index (κ1) is 16.6. The lowest BCUT2D eigenvalue weighted by molar-refractivity contribution is 0.0944. The third kappa shape index (κ3) is 3.19. The molecule has 1 aromatic carbocycles. The van der Waals surface area contributed by atoms with E-state index in [9.17, 15) is 4.79 Å². The Kier molecular flexibility index (Phi) is 4.21. The molecule has 0 radical (unpaired) electrons. The molecule has 4 rings (SSSR count). The van der Waals surface area contributed by atoms with E-state index < -0.39 is 0 Å². The molecule has 0 aliphatic rings. The molecule has 136 valence electrons. The van der Waals surface area contributed by atoms with Crippen molar-refractivity contribution in [3.63, 3.8) is 0 Å². The minimum Gasteiger partial charge on any atom is -0.343 e. The number of aromatic nitrogens is 8. The Bertz CT molecular complexity index is 1080. The Morgan fingerprint density at radius 3 is 2.81 bits per heavy atom. The highest BCUT2D eigenvalue weighted by atomic mass is 16.1. The smallest absolute Gasteiger partial charge is 0.269 e. The molecule has 0 fully saturated rings. The maximum Gasteiger partial charge on any atom is 0.269 e. The molecule has 10 nitrogen and oxygen atoms in total. The third-order valence-electron chi connectivity index (χ3n) is 4.28. The maximum atomic E-state index is 12.4. The van der Waals surface area contributed by atoms with Gasteiger partial charge in [-0.15, -0.1) is 5.10 Å². The van der Waals surface area contributed by atoms with Crippen molar-refractivity contribution in [1.82, 2.24) is 45.5 Å². The molecule has 1 amide bonds. The van der Waals surface area contributed by atoms with E-state index in [4.69, 9.17) is 0 Å². The van der Waals surface area contributed by atoms with Crippen LogP contribution in [0, 0.1) is 6.92 Å². The summed E-state index contributed by atoms with van der Waals surface area (Å²) in [6.07, 6.45) is 1.72. The van der Waals surface area contributed by atoms with Crippen molar-refractivity contribution >= 4 is 5.91 Å². The number of nitrogens with zero attached hydrogens (tertiary/aromatic N) is 7. The number of carbonyl (C=O) groups excluding carboxylic acids is 1. The molecule has 27 heavy (non-hydrogen) atoms. The van der Waals surface area contributed by atoms with Crippen LogP contribution in [0.3, 0.4) is 0 Å². The van der Waals surface area contributed by atoms with E-state index in [1.807, 2.05) is 44.3 Å². The van der Waals surface area contributed by atoms with Gasteiger partial charge in [-0.25, -0.2) is 0 Å². The lowest BCUT2D eigenvalue weighted by atomic mass is 10.2. The average molecular weight is 363 g/mol. The molecule has 0 atom stereocenters. The van der Waals surface area contributed by atoms with Crippen molar-refractivity contribution in [3.8, 4) is 16.9 Å². The monoisotopic (exact) mass is 363 g/mol. The van der Waals surface area contributed by atoms with Gasteiger partial charge in [0.1, 0.15) is 5.69 Å². The number of hydrogen-bond donors (Lipinski definition) is 2. The van der Waals surface area contributed by atoms with Crippen molar-refractivity contribution in [2.75, 3.05) is 0 Å². The number of tetrazole rings is 1. The summed E-state index contributed by atoms with van der Waals surface area (Å²) in [5, 5.41) is 25.6. The molecule has 4 aromatic rings. The number of rotatable bonds is 5. The van der Waals surface area contributed by atoms with Crippen LogP contribution < -0.4 is 5.32 Å². The highest BCUT2D eigenvalue weighted by molar-refractivity contribution is 5.93. The number of benzene rings is 1. The largest absolute Gasteiger partial charge is 0.343 e. The van der Waals surface area contributed by atoms with E-state index in [1.54, 1.807) is 21.6 Å². The summed E-state index contributed by atoms with van der Waals surface area (Å²) in [7, 11) is 1.86. The van der Waals surface area contributed by atoms with Crippen LogP contribution in [-0.4, -0.2) is 46.1 Å². The zero-order valence-corrected chi connectivity index (χ0v) is 14.8. The molecule has 3 aromatic heterocycles. The number of amides is 1. The molecule has 2 N–H and O–H groups in total. The number of para-hydroxylation sites is 1. The number of hydrogen-bond acceptors (Lipinski definition) is 6. The number of carbonyl (C=O) groups is 1. The first-order valence-electron chi connectivity index (χ1n) is 8.28. The molecule has 0 saturated heterocycles. The SMILES string of the molecule is Cc1c(-c2cc(C(=O)NCc3nnnn3-c3ccccc3)[nH]n2)cnn1C. The molecule has 0 aliphatic heterocycles. The predicted octanol–water partition coefficient (Wildman–Crippen LogP) is 1.02. The van der Waals surface area contributed by atoms with Crippen molar-refractivity contribution in [1.29, 1.82) is 0 Å². The summed E-state index contributed by atoms with van der Waals surface area (Å²) in [5.74, 6) is 0.232. The van der Waals surface area contributed by atoms with Gasteiger partial charge in [0.2, 0.25) is 0 Å². The fraction of sp³-hybridized carbons (Fsp3) is 0.176. The van der Waals surface area contributed by atoms with E-state index in [1.165, 1.54) is 0 Å². The Morgan fingerprint density at radius 1 is 1.26 bits per heavy atom. The fourth-order valence-electron chi connectivity index (χ4n) is 2.67. The Balaban J connectivity index is 1.47. The number of nitrogens with one attached hydrogen (secondary N) is 2. The number of aromatic amines is 1. The second-order valence-electron chi connectivity index (χ2n) is 5.96. The van der Waals surface area contributed by atoms with Gasteiger partial charge in [0.15, 0.2) is 5.82 Å². The van der Waals surface area contributed by atoms with Gasteiger partial charge in [0, 0.05) is 18.3 Å². The van der Waals surface area contributed by atoms with E-state index in [-0.39, 0.29) is 12.5 Å². The maximum absolute atomic E-state index is 12.4. The van der Waals surface area contributed by atoms with Crippen molar-refractivity contribution < 1.29 is 4.79 Å². The highest BCUT2D eigenvalue weighted by Crippen LogP contribution is 2.20. The van der Waals surface area contributed by atoms with Crippen LogP contribution in [0.25, 0.3) is 16.9 Å². The summed E-state index contributed by atoms with van der Waals surface area (Å²) >= 11 is 0. The zero-order valence-electron chi connectivity index (χ0n) is 14.8. The molecule has 3 heterocycles. The van der Waals surface area contributed by atoms with Crippen molar-refractivity contribution in [2.24, 2.45) is 7.05 Å². The third-order valence-corrected chi connectivity index (χ3v) is 4.28. The Morgan fingerprint density at radius 2 is 2.07 bits per heavy atom. The van der Waals surface area contributed by atoms with Crippen molar-refractivity contribution in [3.05, 3.63) is 59.8 Å². The van der Waals surface area contributed by atoms with Gasteiger partial charge >= 0.3 is 0 Å². The van der Waals surface area contributed by atoms with Gasteiger partial charge in [-0.1, -0.05) is 18.2 Å². The summed E-state index contributed by atoms with van der Waals surface area (Å²) < 4.78 is 3.34. The molecular formula is C17H17N9O. The van der Waals surface area contributed by atoms with Gasteiger partial charge in [-0.2, -0.15) is 14.9 Å². The zero-order chi connectivity index (χ0) is 18.8. The molecule has 0 saturated carbocycles. The molecule has 10 heteroatoms. The number of aryl methyl sites for hydroxylation is 1. The molecule has 0 bridgehead atoms. The lowest BCUT2D eigenvalue weighted by Crippen LogP contribution is -2.25. The van der Waals surface area contributed by atoms with E-state index in [0.717, 1.165) is 16.9 Å². The lowest BCUT2D eigenvalue weighted by Gasteiger charge is -2.05. The topological polar surface area (TPSA) is 119 Å². The molecule has 0 aliphatic carbocycles. The summed E-state index contributed by atoms with van der Waals surface area (Å²) in [5.41, 5.74) is 3.69. The van der Waals surface area contributed by atoms with Gasteiger partial charge < -0.3 is 5.32 Å². The summed E-state index contributed by atoms with van der Waals surface area (Å²) in [4.78, 5) is 12.4. The van der Waals surface area contributed by atoms with Crippen LogP contribution in [0.1, 0.15) is 22.0 Å². The minimum atomic E-state index is -0.294. The van der Waals surface area contributed by atoms with E-state index >= 15 is 0 Å². The normalized spacial score (nSPS) is 10.9. The molecular weight excluding hydrogens is 346 g/mol. The van der Waals surface area contributed by atoms with Gasteiger partial charge in [-0.3, -0.25) is 14.6 Å². The first-order chi connectivity index (χ1) is 13.1. The molecule has 0 spiro atoms. The Labute approximate surface area is 154 Å². The van der Waals surface area contributed by atoms with Crippen LogP contribution in [0.2, 0.25) is 0 Å². The van der Waals surface area contributed by atoms with Crippen LogP contribution in [0.15, 0.2) is 42.6 Å². The van der Waals surface area contributed by atoms with Gasteiger partial charge in [0.25, 0.3) is 5.91 Å². The standard InChI is InChI=1S/C17H17N9O/c1-11-13(9-19-25(11)2)14-8-15(21-20-14)17(27)18-10-16-22-23-24-26(16)12-6-4-3-5-7-12/h3-9H,10H2,1-2H3,(H,18,27)(H,20,21). The van der Waals surface area contributed by atoms with Crippen molar-refractivity contribution in [2.45, 2.75) is 13.5 Å². The predicted molar refractivity (Wildman–Crippen MR) is 95.9 cm³/mol. The van der Waals surface area contributed by atoms with Crippen LogP contribution in [-0.2, 0) is 13.6 Å². The second-order valence-corrected chi connectivity index (χ2v) is 5.96. The first-order valence-corrected chi connectivity index (χ1v) is 8.28. The number of H-pyrrole nitrogens is 1.